The maximum Gasteiger partial charge on any atom is 0.331 e. The number of benzene rings is 2. The summed E-state index contributed by atoms with van der Waals surface area (Å²) >= 11 is 0. The lowest BCUT2D eigenvalue weighted by molar-refractivity contribution is -0.148. The van der Waals surface area contributed by atoms with E-state index in [2.05, 4.69) is 40.1 Å². The van der Waals surface area contributed by atoms with Gasteiger partial charge in [-0.25, -0.2) is 4.79 Å². The van der Waals surface area contributed by atoms with Crippen molar-refractivity contribution < 1.29 is 14.7 Å². The number of rotatable bonds is 14. The molecule has 1 atom stereocenters. The average Bonchev–Trinajstić information content (AvgIpc) is 2.79. The predicted molar refractivity (Wildman–Crippen MR) is 125 cm³/mol. The fraction of sp³-hybridized carbons (Fsp3) is 0.348. The van der Waals surface area contributed by atoms with Gasteiger partial charge in [-0.15, -0.1) is 0 Å². The van der Waals surface area contributed by atoms with Crippen molar-refractivity contribution in [2.45, 2.75) is 30.7 Å². The number of guanidine groups is 1. The van der Waals surface area contributed by atoms with Crippen molar-refractivity contribution in [3.05, 3.63) is 71.8 Å². The van der Waals surface area contributed by atoms with Crippen LogP contribution < -0.4 is 28.1 Å². The van der Waals surface area contributed by atoms with E-state index in [4.69, 9.17) is 17.2 Å². The van der Waals surface area contributed by atoms with Gasteiger partial charge in [0.15, 0.2) is 17.3 Å². The molecule has 9 nitrogen and oxygen atoms in total. The Labute approximate surface area is 188 Å². The van der Waals surface area contributed by atoms with Gasteiger partial charge in [-0.05, 0) is 30.4 Å². The van der Waals surface area contributed by atoms with Gasteiger partial charge in [-0.3, -0.25) is 20.6 Å². The number of aliphatic imine (C=N–C) groups is 1. The number of carboxylic acid groups (broad SMARTS) is 1. The summed E-state index contributed by atoms with van der Waals surface area (Å²) in [6.07, 6.45) is 0.986. The van der Waals surface area contributed by atoms with Gasteiger partial charge in [-0.2, -0.15) is 0 Å². The molecule has 0 saturated carbocycles. The van der Waals surface area contributed by atoms with E-state index in [1.165, 1.54) is 11.1 Å². The normalized spacial score (nSPS) is 12.8. The number of ketones is 1. The Morgan fingerprint density at radius 1 is 0.969 bits per heavy atom. The van der Waals surface area contributed by atoms with E-state index in [0.717, 1.165) is 6.42 Å². The monoisotopic (exact) mass is 440 g/mol. The molecule has 172 valence electrons. The molecule has 0 aliphatic carbocycles. The molecule has 0 radical (unpaired) electrons. The Kier molecular flexibility index (Phi) is 9.80. The minimum atomic E-state index is -2.00. The molecule has 0 amide bonds. The van der Waals surface area contributed by atoms with Crippen LogP contribution in [0.15, 0.2) is 65.7 Å². The number of carboxylic acids is 1. The maximum absolute atomic E-state index is 12.5. The molecule has 9 N–H and O–H groups in total. The Bertz CT molecular complexity index is 848. The fourth-order valence-electron chi connectivity index (χ4n) is 3.43. The Morgan fingerprint density at radius 3 is 2.03 bits per heavy atom. The van der Waals surface area contributed by atoms with Crippen molar-refractivity contribution in [2.75, 3.05) is 19.6 Å². The number of nitrogens with one attached hydrogen (secondary N) is 2. The zero-order valence-corrected chi connectivity index (χ0v) is 18.0. The number of hydrazine groups is 1. The Hall–Kier alpha value is -3.27. The lowest BCUT2D eigenvalue weighted by Gasteiger charge is -2.23. The van der Waals surface area contributed by atoms with Crippen molar-refractivity contribution in [3.63, 3.8) is 0 Å². The van der Waals surface area contributed by atoms with Gasteiger partial charge in [0.1, 0.15) is 0 Å². The number of Topliss-reactive ketones (excluding diaryl/α,β-unsaturated/α-hetero) is 1. The van der Waals surface area contributed by atoms with Crippen LogP contribution in [0.3, 0.4) is 0 Å². The third kappa shape index (κ3) is 7.45. The number of hydrogen-bond donors (Lipinski definition) is 6. The van der Waals surface area contributed by atoms with Crippen LogP contribution in [0.1, 0.15) is 36.3 Å². The molecular formula is C23H32N6O3. The third-order valence-corrected chi connectivity index (χ3v) is 5.24. The number of hydrogen-bond acceptors (Lipinski definition) is 6. The van der Waals surface area contributed by atoms with Crippen LogP contribution in [-0.2, 0) is 9.59 Å². The summed E-state index contributed by atoms with van der Waals surface area (Å²) in [6, 6.07) is 20.4. The number of aliphatic carboxylic acids is 1. The van der Waals surface area contributed by atoms with Crippen LogP contribution in [0.25, 0.3) is 0 Å². The standard InChI is InChI=1S/C23H32N6O3/c24-22(25)27-14-7-13-23(26,21(31)32)20(30)16-29-28-15-12-19(17-8-3-1-4-9-17)18-10-5-2-6-11-18/h1-6,8-11,19,28-29H,7,12-16,26H2,(H,31,32)(H4,24,25,27). The second-order valence-corrected chi connectivity index (χ2v) is 7.55. The molecule has 0 aliphatic heterocycles. The van der Waals surface area contributed by atoms with Gasteiger partial charge in [0.05, 0.1) is 6.54 Å². The summed E-state index contributed by atoms with van der Waals surface area (Å²) in [7, 11) is 0. The summed E-state index contributed by atoms with van der Waals surface area (Å²) in [5.41, 5.74) is 22.6. The maximum atomic E-state index is 12.5. The molecule has 9 heteroatoms. The van der Waals surface area contributed by atoms with Gasteiger partial charge in [-0.1, -0.05) is 60.7 Å². The summed E-state index contributed by atoms with van der Waals surface area (Å²) in [4.78, 5) is 27.9. The molecule has 0 spiro atoms. The molecule has 0 aromatic heterocycles. The number of carbonyl (C=O) groups excluding carboxylic acids is 1. The first-order valence-electron chi connectivity index (χ1n) is 10.5. The molecule has 0 bridgehead atoms. The molecule has 2 aromatic rings. The molecule has 0 heterocycles. The number of nitrogens with zero attached hydrogens (tertiary/aromatic N) is 1. The van der Waals surface area contributed by atoms with Gasteiger partial charge >= 0.3 is 5.97 Å². The third-order valence-electron chi connectivity index (χ3n) is 5.24. The van der Waals surface area contributed by atoms with Crippen LogP contribution in [0.4, 0.5) is 0 Å². The predicted octanol–water partition coefficient (Wildman–Crippen LogP) is 0.708. The highest BCUT2D eigenvalue weighted by molar-refractivity contribution is 6.08. The van der Waals surface area contributed by atoms with Crippen LogP contribution in [0, 0.1) is 0 Å². The molecule has 0 fully saturated rings. The first-order valence-corrected chi connectivity index (χ1v) is 10.5. The van der Waals surface area contributed by atoms with Crippen molar-refractivity contribution in [3.8, 4) is 0 Å². The first-order chi connectivity index (χ1) is 15.3. The van der Waals surface area contributed by atoms with Crippen molar-refractivity contribution in [1.82, 2.24) is 10.9 Å². The average molecular weight is 441 g/mol. The number of nitrogens with two attached hydrogens (primary N) is 3. The molecule has 1 unspecified atom stereocenters. The minimum absolute atomic E-state index is 0.0658. The lowest BCUT2D eigenvalue weighted by atomic mass is 9.88. The van der Waals surface area contributed by atoms with Crippen molar-refractivity contribution in [1.29, 1.82) is 0 Å². The van der Waals surface area contributed by atoms with Crippen LogP contribution in [-0.4, -0.2) is 48.0 Å². The van der Waals surface area contributed by atoms with E-state index in [9.17, 15) is 14.7 Å². The number of carbonyl (C=O) groups is 2. The van der Waals surface area contributed by atoms with E-state index in [-0.39, 0.29) is 37.8 Å². The van der Waals surface area contributed by atoms with Crippen molar-refractivity contribution in [2.24, 2.45) is 22.2 Å². The van der Waals surface area contributed by atoms with E-state index >= 15 is 0 Å². The quantitative estimate of drug-likeness (QED) is 0.0820. The zero-order chi connectivity index (χ0) is 23.4. The zero-order valence-electron chi connectivity index (χ0n) is 18.0. The molecule has 32 heavy (non-hydrogen) atoms. The van der Waals surface area contributed by atoms with Gasteiger partial charge < -0.3 is 22.3 Å². The summed E-state index contributed by atoms with van der Waals surface area (Å²) in [5.74, 6) is -1.90. The molecular weight excluding hydrogens is 408 g/mol. The van der Waals surface area contributed by atoms with Crippen LogP contribution >= 0.6 is 0 Å². The second-order valence-electron chi connectivity index (χ2n) is 7.55. The molecule has 0 saturated heterocycles. The van der Waals surface area contributed by atoms with Crippen LogP contribution in [0.2, 0.25) is 0 Å². The van der Waals surface area contributed by atoms with E-state index in [1.54, 1.807) is 0 Å². The lowest BCUT2D eigenvalue weighted by Crippen LogP contribution is -2.58. The highest BCUT2D eigenvalue weighted by Gasteiger charge is 2.40. The first kappa shape index (κ1) is 25.0. The van der Waals surface area contributed by atoms with Gasteiger partial charge in [0, 0.05) is 19.0 Å². The van der Waals surface area contributed by atoms with Crippen molar-refractivity contribution >= 4 is 17.7 Å². The molecule has 2 aromatic carbocycles. The molecule has 2 rings (SSSR count). The van der Waals surface area contributed by atoms with E-state index in [0.29, 0.717) is 6.54 Å². The largest absolute Gasteiger partial charge is 0.480 e. The molecule has 0 aliphatic rings. The highest BCUT2D eigenvalue weighted by Crippen LogP contribution is 2.27. The Morgan fingerprint density at radius 2 is 1.53 bits per heavy atom. The SMILES string of the molecule is NC(N)=NCCCC(N)(C(=O)O)C(=O)CNNCCC(c1ccccc1)c1ccccc1. The Balaban J connectivity index is 1.86. The topological polar surface area (TPSA) is 169 Å². The minimum Gasteiger partial charge on any atom is -0.480 e. The summed E-state index contributed by atoms with van der Waals surface area (Å²) in [5, 5.41) is 9.46. The second kappa shape index (κ2) is 12.6. The van der Waals surface area contributed by atoms with E-state index in [1.807, 2.05) is 36.4 Å². The summed E-state index contributed by atoms with van der Waals surface area (Å²) in [6.45, 7) is 0.553. The summed E-state index contributed by atoms with van der Waals surface area (Å²) < 4.78 is 0. The van der Waals surface area contributed by atoms with Crippen LogP contribution in [0.5, 0.6) is 0 Å². The smallest absolute Gasteiger partial charge is 0.331 e. The van der Waals surface area contributed by atoms with Gasteiger partial charge in [0.25, 0.3) is 0 Å². The fourth-order valence-corrected chi connectivity index (χ4v) is 3.43. The highest BCUT2D eigenvalue weighted by atomic mass is 16.4. The van der Waals surface area contributed by atoms with E-state index < -0.39 is 17.3 Å². The van der Waals surface area contributed by atoms with Gasteiger partial charge in [0.2, 0.25) is 0 Å².